The Morgan fingerprint density at radius 2 is 2.08 bits per heavy atom. The Balaban J connectivity index is 1.60. The zero-order valence-electron chi connectivity index (χ0n) is 14.7. The highest BCUT2D eigenvalue weighted by molar-refractivity contribution is 7.13. The fourth-order valence-corrected chi connectivity index (χ4v) is 3.04. The first-order chi connectivity index (χ1) is 12.5. The van der Waals surface area contributed by atoms with Gasteiger partial charge in [-0.2, -0.15) is 0 Å². The maximum Gasteiger partial charge on any atom is 0.358 e. The molecule has 2 aromatic heterocycles. The first kappa shape index (κ1) is 18.1. The fraction of sp³-hybridized carbons (Fsp3) is 0.333. The molecular weight excluding hydrogens is 350 g/mol. The van der Waals surface area contributed by atoms with E-state index in [-0.39, 0.29) is 12.3 Å². The van der Waals surface area contributed by atoms with Crippen molar-refractivity contribution in [3.8, 4) is 0 Å². The predicted octanol–water partition coefficient (Wildman–Crippen LogP) is 3.48. The molecule has 0 radical (unpaired) electrons. The van der Waals surface area contributed by atoms with Gasteiger partial charge in [0.15, 0.2) is 23.3 Å². The number of rotatable bonds is 7. The van der Waals surface area contributed by atoms with Crippen molar-refractivity contribution in [1.29, 1.82) is 0 Å². The number of fused-ring (bicyclic) bond motifs is 1. The van der Waals surface area contributed by atoms with E-state index in [1.165, 1.54) is 11.3 Å². The van der Waals surface area contributed by atoms with E-state index < -0.39 is 5.97 Å². The summed E-state index contributed by atoms with van der Waals surface area (Å²) < 4.78 is 5.27. The zero-order valence-corrected chi connectivity index (χ0v) is 15.5. The van der Waals surface area contributed by atoms with Crippen LogP contribution in [0.5, 0.6) is 0 Å². The number of thiazole rings is 1. The number of nitrogens with two attached hydrogens (primary N) is 1. The monoisotopic (exact) mass is 371 g/mol. The summed E-state index contributed by atoms with van der Waals surface area (Å²) in [5.41, 5.74) is 6.93. The van der Waals surface area contributed by atoms with Gasteiger partial charge in [-0.3, -0.25) is 0 Å². The molecule has 136 valence electrons. The summed E-state index contributed by atoms with van der Waals surface area (Å²) in [6.45, 7) is 5.09. The molecule has 1 aromatic carbocycles. The van der Waals surface area contributed by atoms with Gasteiger partial charge in [-0.1, -0.05) is 26.0 Å². The molecule has 0 bridgehead atoms. The lowest BCUT2D eigenvalue weighted by atomic mass is 10.1. The zero-order chi connectivity index (χ0) is 18.5. The third kappa shape index (κ3) is 4.45. The van der Waals surface area contributed by atoms with Crippen molar-refractivity contribution < 1.29 is 9.53 Å². The number of benzene rings is 1. The van der Waals surface area contributed by atoms with Crippen LogP contribution in [0.1, 0.15) is 36.6 Å². The van der Waals surface area contributed by atoms with Gasteiger partial charge in [-0.05, 0) is 24.5 Å². The Morgan fingerprint density at radius 1 is 1.27 bits per heavy atom. The van der Waals surface area contributed by atoms with Gasteiger partial charge in [-0.15, -0.1) is 11.3 Å². The van der Waals surface area contributed by atoms with Crippen LogP contribution < -0.4 is 11.1 Å². The lowest BCUT2D eigenvalue weighted by Crippen LogP contribution is -2.09. The van der Waals surface area contributed by atoms with Crippen LogP contribution in [-0.2, 0) is 11.3 Å². The van der Waals surface area contributed by atoms with Crippen molar-refractivity contribution in [3.63, 3.8) is 0 Å². The van der Waals surface area contributed by atoms with Gasteiger partial charge in [0, 0.05) is 17.3 Å². The highest BCUT2D eigenvalue weighted by Gasteiger charge is 2.14. The number of carbonyl (C=O) groups is 1. The van der Waals surface area contributed by atoms with Gasteiger partial charge < -0.3 is 15.8 Å². The normalized spacial score (nSPS) is 11.0. The van der Waals surface area contributed by atoms with Crippen LogP contribution in [0.2, 0.25) is 0 Å². The quantitative estimate of drug-likeness (QED) is 0.613. The molecule has 0 unspecified atom stereocenters. The number of hydrogen-bond acceptors (Lipinski definition) is 8. The van der Waals surface area contributed by atoms with E-state index in [4.69, 9.17) is 10.5 Å². The summed E-state index contributed by atoms with van der Waals surface area (Å²) in [4.78, 5) is 25.0. The second-order valence-electron chi connectivity index (χ2n) is 6.27. The molecule has 0 aliphatic rings. The summed E-state index contributed by atoms with van der Waals surface area (Å²) >= 11 is 1.38. The van der Waals surface area contributed by atoms with Crippen LogP contribution in [0.25, 0.3) is 10.9 Å². The second kappa shape index (κ2) is 8.09. The van der Waals surface area contributed by atoms with Crippen molar-refractivity contribution in [1.82, 2.24) is 15.0 Å². The van der Waals surface area contributed by atoms with Crippen LogP contribution in [0.15, 0.2) is 29.6 Å². The molecule has 0 aliphatic heterocycles. The molecule has 0 atom stereocenters. The molecule has 0 saturated heterocycles. The highest BCUT2D eigenvalue weighted by Crippen LogP contribution is 2.19. The van der Waals surface area contributed by atoms with E-state index >= 15 is 0 Å². The summed E-state index contributed by atoms with van der Waals surface area (Å²) in [6.07, 6.45) is 1.04. The molecule has 8 heteroatoms. The number of esters is 1. The number of para-hydroxylation sites is 1. The summed E-state index contributed by atoms with van der Waals surface area (Å²) in [6, 6.07) is 7.43. The fourth-order valence-electron chi connectivity index (χ4n) is 2.34. The maximum atomic E-state index is 12.2. The molecule has 0 spiro atoms. The van der Waals surface area contributed by atoms with Crippen molar-refractivity contribution in [2.24, 2.45) is 5.92 Å². The van der Waals surface area contributed by atoms with Crippen molar-refractivity contribution in [2.75, 3.05) is 17.6 Å². The van der Waals surface area contributed by atoms with Crippen molar-refractivity contribution >= 4 is 39.2 Å². The molecule has 3 aromatic rings. The largest absolute Gasteiger partial charge is 0.453 e. The van der Waals surface area contributed by atoms with Crippen molar-refractivity contribution in [3.05, 3.63) is 41.2 Å². The van der Waals surface area contributed by atoms with Crippen LogP contribution in [0, 0.1) is 5.92 Å². The number of nitrogen functional groups attached to an aromatic ring is 1. The van der Waals surface area contributed by atoms with E-state index in [0.29, 0.717) is 22.7 Å². The Labute approximate surface area is 155 Å². The number of ether oxygens (including phenoxy) is 1. The second-order valence-corrected chi connectivity index (χ2v) is 7.12. The molecule has 3 N–H and O–H groups in total. The third-order valence-electron chi connectivity index (χ3n) is 3.72. The Morgan fingerprint density at radius 3 is 2.88 bits per heavy atom. The van der Waals surface area contributed by atoms with Gasteiger partial charge in [0.2, 0.25) is 0 Å². The van der Waals surface area contributed by atoms with Gasteiger partial charge in [0.1, 0.15) is 5.82 Å². The molecule has 26 heavy (non-hydrogen) atoms. The van der Waals surface area contributed by atoms with Gasteiger partial charge in [-0.25, -0.2) is 19.7 Å². The third-order valence-corrected chi connectivity index (χ3v) is 4.52. The van der Waals surface area contributed by atoms with Crippen molar-refractivity contribution in [2.45, 2.75) is 26.9 Å². The molecular formula is C18H21N5O2S. The molecule has 2 heterocycles. The van der Waals surface area contributed by atoms with Crippen LogP contribution >= 0.6 is 11.3 Å². The Hall–Kier alpha value is -2.74. The number of anilines is 2. The number of nitrogens with one attached hydrogen (secondary N) is 1. The smallest absolute Gasteiger partial charge is 0.358 e. The van der Waals surface area contributed by atoms with Gasteiger partial charge >= 0.3 is 5.97 Å². The number of nitrogens with zero attached hydrogens (tertiary/aromatic N) is 3. The SMILES string of the molecule is CC(C)CCNc1nc(C(=O)OCc2nc(N)c3ccccc3n2)cs1. The molecule has 0 amide bonds. The lowest BCUT2D eigenvalue weighted by Gasteiger charge is -2.06. The Kier molecular flexibility index (Phi) is 5.62. The first-order valence-electron chi connectivity index (χ1n) is 8.40. The highest BCUT2D eigenvalue weighted by atomic mass is 32.1. The van der Waals surface area contributed by atoms with Crippen LogP contribution in [-0.4, -0.2) is 27.5 Å². The number of hydrogen-bond donors (Lipinski definition) is 2. The minimum absolute atomic E-state index is 0.0541. The van der Waals surface area contributed by atoms with E-state index in [2.05, 4.69) is 34.1 Å². The average molecular weight is 371 g/mol. The molecule has 0 fully saturated rings. The topological polar surface area (TPSA) is 103 Å². The van der Waals surface area contributed by atoms with Gasteiger partial charge in [0.05, 0.1) is 5.52 Å². The average Bonchev–Trinajstić information content (AvgIpc) is 3.08. The van der Waals surface area contributed by atoms with E-state index in [0.717, 1.165) is 23.9 Å². The van der Waals surface area contributed by atoms with E-state index in [1.54, 1.807) is 5.38 Å². The number of aromatic nitrogens is 3. The summed E-state index contributed by atoms with van der Waals surface area (Å²) in [5.74, 6) is 0.835. The molecule has 7 nitrogen and oxygen atoms in total. The maximum absolute atomic E-state index is 12.2. The molecule has 3 rings (SSSR count). The Bertz CT molecular complexity index is 909. The predicted molar refractivity (Wildman–Crippen MR) is 103 cm³/mol. The summed E-state index contributed by atoms with van der Waals surface area (Å²) in [7, 11) is 0. The first-order valence-corrected chi connectivity index (χ1v) is 9.28. The van der Waals surface area contributed by atoms with Gasteiger partial charge in [0.25, 0.3) is 0 Å². The minimum atomic E-state index is -0.506. The van der Waals surface area contributed by atoms with Crippen LogP contribution in [0.3, 0.4) is 0 Å². The van der Waals surface area contributed by atoms with E-state index in [9.17, 15) is 4.79 Å². The number of carbonyl (C=O) groups excluding carboxylic acids is 1. The molecule has 0 saturated carbocycles. The summed E-state index contributed by atoms with van der Waals surface area (Å²) in [5, 5.41) is 6.38. The lowest BCUT2D eigenvalue weighted by molar-refractivity contribution is 0.0457. The molecule has 0 aliphatic carbocycles. The minimum Gasteiger partial charge on any atom is -0.453 e. The standard InChI is InChI=1S/C18H21N5O2S/c1-11(2)7-8-20-18-22-14(10-26-18)17(24)25-9-15-21-13-6-4-3-5-12(13)16(19)23-15/h3-6,10-11H,7-9H2,1-2H3,(H,20,22)(H2,19,21,23). The van der Waals surface area contributed by atoms with Crippen LogP contribution in [0.4, 0.5) is 10.9 Å². The van der Waals surface area contributed by atoms with E-state index in [1.807, 2.05) is 24.3 Å².